The maximum atomic E-state index is 9.60. The van der Waals surface area contributed by atoms with Crippen LogP contribution in [0.2, 0.25) is 0 Å². The van der Waals surface area contributed by atoms with Crippen molar-refractivity contribution >= 4 is 34.1 Å². The molecule has 48 heavy (non-hydrogen) atoms. The second-order valence-corrected chi connectivity index (χ2v) is 12.4. The normalized spacial score (nSPS) is 14.1. The van der Waals surface area contributed by atoms with E-state index in [-0.39, 0.29) is 0 Å². The van der Waals surface area contributed by atoms with Gasteiger partial charge in [0.05, 0.1) is 39.8 Å². The van der Waals surface area contributed by atoms with Crippen molar-refractivity contribution < 1.29 is 4.74 Å². The molecular formula is C44H27N3O. The van der Waals surface area contributed by atoms with Crippen LogP contribution in [0, 0.1) is 11.3 Å². The first kappa shape index (κ1) is 26.6. The summed E-state index contributed by atoms with van der Waals surface area (Å²) in [7, 11) is 0. The minimum Gasteiger partial charge on any atom is -0.453 e. The van der Waals surface area contributed by atoms with E-state index in [1.807, 2.05) is 42.5 Å². The molecular weight excluding hydrogens is 587 g/mol. The molecule has 2 heterocycles. The summed E-state index contributed by atoms with van der Waals surface area (Å²) in [4.78, 5) is 4.71. The maximum absolute atomic E-state index is 9.60. The summed E-state index contributed by atoms with van der Waals surface area (Å²) in [6.07, 6.45) is 0. The van der Waals surface area contributed by atoms with Gasteiger partial charge in [-0.3, -0.25) is 0 Å². The Hall–Kier alpha value is -6.57. The molecule has 2 aliphatic heterocycles. The van der Waals surface area contributed by atoms with Crippen molar-refractivity contribution in [2.45, 2.75) is 5.41 Å². The van der Waals surface area contributed by atoms with Gasteiger partial charge in [0.15, 0.2) is 11.5 Å². The van der Waals surface area contributed by atoms with Crippen molar-refractivity contribution in [1.82, 2.24) is 0 Å². The lowest BCUT2D eigenvalue weighted by molar-refractivity contribution is 0.477. The highest BCUT2D eigenvalue weighted by Crippen LogP contribution is 2.67. The lowest BCUT2D eigenvalue weighted by Gasteiger charge is -2.45. The second-order valence-electron chi connectivity index (χ2n) is 12.4. The zero-order valence-corrected chi connectivity index (χ0v) is 25.8. The van der Waals surface area contributed by atoms with E-state index < -0.39 is 5.41 Å². The highest BCUT2D eigenvalue weighted by Gasteiger charge is 2.53. The van der Waals surface area contributed by atoms with Crippen LogP contribution in [0.3, 0.4) is 0 Å². The first-order valence-corrected chi connectivity index (χ1v) is 16.2. The number of fused-ring (bicyclic) bond motifs is 12. The fraction of sp³-hybridized carbons (Fsp3) is 0.0227. The average Bonchev–Trinajstić information content (AvgIpc) is 3.45. The Labute approximate surface area is 279 Å². The van der Waals surface area contributed by atoms with Crippen LogP contribution in [-0.4, -0.2) is 0 Å². The number of ether oxygens (including phenoxy) is 1. The van der Waals surface area contributed by atoms with Gasteiger partial charge in [0.25, 0.3) is 0 Å². The number of rotatable bonds is 2. The van der Waals surface area contributed by atoms with E-state index in [4.69, 9.17) is 4.74 Å². The topological polar surface area (TPSA) is 39.5 Å². The number of hydrogen-bond donors (Lipinski definition) is 0. The Kier molecular flexibility index (Phi) is 5.53. The van der Waals surface area contributed by atoms with Crippen LogP contribution in [0.4, 0.5) is 34.1 Å². The van der Waals surface area contributed by atoms with Gasteiger partial charge in [-0.1, -0.05) is 97.1 Å². The Morgan fingerprint density at radius 1 is 0.458 bits per heavy atom. The van der Waals surface area contributed by atoms with Crippen LogP contribution in [0.15, 0.2) is 164 Å². The maximum Gasteiger partial charge on any atom is 0.152 e. The minimum atomic E-state index is -0.577. The molecule has 3 aliphatic rings. The molecule has 0 aromatic heterocycles. The standard InChI is InChI=1S/C44H27N3O/c45-28-29-22-24-31(25-23-29)47-39-20-10-11-21-40(39)48-41-27-26-36-42(43(41)47)32-14-4-5-15-33(32)44(36)34-16-6-8-18-37(34)46(30-12-2-1-3-13-30)38-19-9-7-17-35(38)44/h1-27H. The Morgan fingerprint density at radius 3 is 1.75 bits per heavy atom. The summed E-state index contributed by atoms with van der Waals surface area (Å²) in [6.45, 7) is 0. The molecule has 1 aliphatic carbocycles. The average molecular weight is 614 g/mol. The number of nitrogens with zero attached hydrogens (tertiary/aromatic N) is 3. The molecule has 0 amide bonds. The highest BCUT2D eigenvalue weighted by molar-refractivity contribution is 6.04. The van der Waals surface area contributed by atoms with Gasteiger partial charge >= 0.3 is 0 Å². The molecule has 10 rings (SSSR count). The summed E-state index contributed by atoms with van der Waals surface area (Å²) in [5, 5.41) is 9.60. The monoisotopic (exact) mass is 613 g/mol. The number of nitriles is 1. The van der Waals surface area contributed by atoms with Gasteiger partial charge < -0.3 is 14.5 Å². The molecule has 0 radical (unpaired) electrons. The molecule has 0 saturated heterocycles. The minimum absolute atomic E-state index is 0.577. The molecule has 0 unspecified atom stereocenters. The number of para-hydroxylation sites is 5. The summed E-state index contributed by atoms with van der Waals surface area (Å²) in [5.74, 6) is 1.59. The molecule has 0 atom stereocenters. The van der Waals surface area contributed by atoms with E-state index in [2.05, 4.69) is 137 Å². The van der Waals surface area contributed by atoms with Crippen molar-refractivity contribution in [1.29, 1.82) is 5.26 Å². The summed E-state index contributed by atoms with van der Waals surface area (Å²) in [5.41, 5.74) is 13.7. The third-order valence-corrected chi connectivity index (χ3v) is 10.1. The van der Waals surface area contributed by atoms with Crippen LogP contribution in [0.1, 0.15) is 27.8 Å². The van der Waals surface area contributed by atoms with Gasteiger partial charge in [0.2, 0.25) is 0 Å². The molecule has 4 heteroatoms. The third kappa shape index (κ3) is 3.42. The predicted octanol–water partition coefficient (Wildman–Crippen LogP) is 11.3. The number of anilines is 6. The van der Waals surface area contributed by atoms with Crippen molar-refractivity contribution in [2.75, 3.05) is 9.80 Å². The molecule has 224 valence electrons. The smallest absolute Gasteiger partial charge is 0.152 e. The second kappa shape index (κ2) is 9.96. The van der Waals surface area contributed by atoms with Gasteiger partial charge in [0.1, 0.15) is 0 Å². The molecule has 0 saturated carbocycles. The molecule has 0 bridgehead atoms. The van der Waals surface area contributed by atoms with Crippen molar-refractivity contribution in [2.24, 2.45) is 0 Å². The highest BCUT2D eigenvalue weighted by atomic mass is 16.5. The molecule has 0 fully saturated rings. The zero-order valence-electron chi connectivity index (χ0n) is 25.8. The van der Waals surface area contributed by atoms with E-state index >= 15 is 0 Å². The molecule has 0 N–H and O–H groups in total. The van der Waals surface area contributed by atoms with Crippen molar-refractivity contribution in [3.8, 4) is 28.7 Å². The van der Waals surface area contributed by atoms with E-state index in [9.17, 15) is 5.26 Å². The molecule has 4 nitrogen and oxygen atoms in total. The van der Waals surface area contributed by atoms with Crippen LogP contribution >= 0.6 is 0 Å². The van der Waals surface area contributed by atoms with E-state index in [0.717, 1.165) is 51.2 Å². The number of benzene rings is 7. The number of hydrogen-bond acceptors (Lipinski definition) is 4. The van der Waals surface area contributed by atoms with E-state index in [1.165, 1.54) is 27.8 Å². The third-order valence-electron chi connectivity index (χ3n) is 10.1. The SMILES string of the molecule is N#Cc1ccc(N2c3ccccc3Oc3ccc4c(c32)-c2ccccc2C42c3ccccc3N(c3ccccc3)c3ccccc32)cc1. The largest absolute Gasteiger partial charge is 0.453 e. The van der Waals surface area contributed by atoms with Gasteiger partial charge in [0, 0.05) is 16.9 Å². The van der Waals surface area contributed by atoms with Crippen LogP contribution in [0.5, 0.6) is 11.5 Å². The quantitative estimate of drug-likeness (QED) is 0.194. The Morgan fingerprint density at radius 2 is 1.04 bits per heavy atom. The van der Waals surface area contributed by atoms with Crippen LogP contribution < -0.4 is 14.5 Å². The summed E-state index contributed by atoms with van der Waals surface area (Å²) in [6, 6.07) is 59.9. The van der Waals surface area contributed by atoms with Crippen LogP contribution in [-0.2, 0) is 5.41 Å². The van der Waals surface area contributed by atoms with E-state index in [1.54, 1.807) is 0 Å². The fourth-order valence-corrected chi connectivity index (χ4v) is 8.24. The van der Waals surface area contributed by atoms with Crippen molar-refractivity contribution in [3.05, 3.63) is 192 Å². The first-order valence-electron chi connectivity index (χ1n) is 16.2. The summed E-state index contributed by atoms with van der Waals surface area (Å²) < 4.78 is 6.70. The van der Waals surface area contributed by atoms with Gasteiger partial charge in [-0.2, -0.15) is 5.26 Å². The first-order chi connectivity index (χ1) is 23.8. The van der Waals surface area contributed by atoms with Crippen LogP contribution in [0.25, 0.3) is 11.1 Å². The Bertz CT molecular complexity index is 2410. The van der Waals surface area contributed by atoms with Gasteiger partial charge in [-0.15, -0.1) is 0 Å². The van der Waals surface area contributed by atoms with Gasteiger partial charge in [-0.05, 0) is 94.5 Å². The molecule has 1 spiro atoms. The molecule has 7 aromatic rings. The predicted molar refractivity (Wildman–Crippen MR) is 191 cm³/mol. The lowest BCUT2D eigenvalue weighted by Crippen LogP contribution is -2.36. The van der Waals surface area contributed by atoms with Gasteiger partial charge in [-0.25, -0.2) is 0 Å². The van der Waals surface area contributed by atoms with Crippen molar-refractivity contribution in [3.63, 3.8) is 0 Å². The zero-order chi connectivity index (χ0) is 31.8. The Balaban J connectivity index is 1.32. The van der Waals surface area contributed by atoms with E-state index in [0.29, 0.717) is 5.56 Å². The molecule has 7 aromatic carbocycles. The lowest BCUT2D eigenvalue weighted by atomic mass is 9.64. The summed E-state index contributed by atoms with van der Waals surface area (Å²) >= 11 is 0. The fourth-order valence-electron chi connectivity index (χ4n) is 8.24.